The number of carbonyl (C=O) groups excluding carboxylic acids is 2. The van der Waals surface area contributed by atoms with Crippen LogP contribution in [0.2, 0.25) is 0 Å². The molecule has 1 N–H and O–H groups in total. The molecule has 1 unspecified atom stereocenters. The van der Waals surface area contributed by atoms with Crippen LogP contribution in [-0.2, 0) is 16.1 Å². The summed E-state index contributed by atoms with van der Waals surface area (Å²) in [5.41, 5.74) is 0.927. The minimum absolute atomic E-state index is 0.106. The summed E-state index contributed by atoms with van der Waals surface area (Å²) in [6, 6.07) is 6.24. The molecule has 24 heavy (non-hydrogen) atoms. The van der Waals surface area contributed by atoms with E-state index < -0.39 is 0 Å². The third kappa shape index (κ3) is 4.56. The van der Waals surface area contributed by atoms with Crippen LogP contribution >= 0.6 is 0 Å². The van der Waals surface area contributed by atoms with Crippen molar-refractivity contribution in [3.8, 4) is 0 Å². The third-order valence-corrected chi connectivity index (χ3v) is 5.12. The number of amides is 2. The fourth-order valence-corrected chi connectivity index (χ4v) is 3.76. The Balaban J connectivity index is 1.42. The van der Waals surface area contributed by atoms with E-state index in [1.807, 2.05) is 0 Å². The SMILES string of the molecule is O=C(CC1CCCC1)NCC1CC(=O)N(Cc2ccc(F)cc2)C1. The molecule has 0 aromatic heterocycles. The molecule has 1 aliphatic heterocycles. The average Bonchev–Trinajstić information content (AvgIpc) is 3.18. The van der Waals surface area contributed by atoms with Gasteiger partial charge in [0.2, 0.25) is 11.8 Å². The molecule has 1 aromatic rings. The van der Waals surface area contributed by atoms with Gasteiger partial charge in [0.05, 0.1) is 0 Å². The van der Waals surface area contributed by atoms with Gasteiger partial charge in [-0.05, 0) is 36.5 Å². The maximum absolute atomic E-state index is 12.9. The number of nitrogens with zero attached hydrogens (tertiary/aromatic N) is 1. The van der Waals surface area contributed by atoms with Gasteiger partial charge < -0.3 is 10.2 Å². The lowest BCUT2D eigenvalue weighted by atomic mass is 10.0. The van der Waals surface area contributed by atoms with E-state index in [1.165, 1.54) is 37.8 Å². The van der Waals surface area contributed by atoms with E-state index >= 15 is 0 Å². The Labute approximate surface area is 142 Å². The van der Waals surface area contributed by atoms with Crippen molar-refractivity contribution in [2.24, 2.45) is 11.8 Å². The number of carbonyl (C=O) groups is 2. The molecule has 4 nitrogen and oxygen atoms in total. The van der Waals surface area contributed by atoms with E-state index in [2.05, 4.69) is 5.32 Å². The highest BCUT2D eigenvalue weighted by atomic mass is 19.1. The van der Waals surface area contributed by atoms with Crippen LogP contribution in [0.5, 0.6) is 0 Å². The number of rotatable bonds is 6. The Bertz CT molecular complexity index is 582. The Morgan fingerprint density at radius 3 is 2.58 bits per heavy atom. The largest absolute Gasteiger partial charge is 0.356 e. The van der Waals surface area contributed by atoms with E-state index in [9.17, 15) is 14.0 Å². The number of nitrogens with one attached hydrogen (secondary N) is 1. The van der Waals surface area contributed by atoms with Crippen LogP contribution in [0.3, 0.4) is 0 Å². The van der Waals surface area contributed by atoms with Crippen molar-refractivity contribution < 1.29 is 14.0 Å². The molecule has 1 heterocycles. The van der Waals surface area contributed by atoms with E-state index in [0.717, 1.165) is 5.56 Å². The number of likely N-dealkylation sites (tertiary alicyclic amines) is 1. The summed E-state index contributed by atoms with van der Waals surface area (Å²) < 4.78 is 12.9. The van der Waals surface area contributed by atoms with Gasteiger partial charge in [0.1, 0.15) is 5.82 Å². The van der Waals surface area contributed by atoms with Crippen LogP contribution < -0.4 is 5.32 Å². The number of hydrogen-bond acceptors (Lipinski definition) is 2. The second-order valence-corrected chi connectivity index (χ2v) is 7.13. The maximum atomic E-state index is 12.9. The molecule has 130 valence electrons. The van der Waals surface area contributed by atoms with Crippen molar-refractivity contribution in [3.63, 3.8) is 0 Å². The summed E-state index contributed by atoms with van der Waals surface area (Å²) in [6.45, 7) is 1.72. The fourth-order valence-electron chi connectivity index (χ4n) is 3.76. The van der Waals surface area contributed by atoms with Crippen LogP contribution in [0.15, 0.2) is 24.3 Å². The van der Waals surface area contributed by atoms with Crippen LogP contribution in [0.1, 0.15) is 44.1 Å². The van der Waals surface area contributed by atoms with Crippen molar-refractivity contribution in [1.82, 2.24) is 10.2 Å². The molecule has 5 heteroatoms. The Kier molecular flexibility index (Phi) is 5.48. The van der Waals surface area contributed by atoms with E-state index in [-0.39, 0.29) is 23.5 Å². The molecule has 3 rings (SSSR count). The molecule has 2 amide bonds. The molecular weight excluding hydrogens is 307 g/mol. The van der Waals surface area contributed by atoms with Gasteiger partial charge in [0.25, 0.3) is 0 Å². The molecule has 0 radical (unpaired) electrons. The normalized spacial score (nSPS) is 21.5. The van der Waals surface area contributed by atoms with Gasteiger partial charge in [-0.2, -0.15) is 0 Å². The number of benzene rings is 1. The first kappa shape index (κ1) is 16.9. The minimum atomic E-state index is -0.269. The highest BCUT2D eigenvalue weighted by Crippen LogP contribution is 2.27. The van der Waals surface area contributed by atoms with Gasteiger partial charge in [0.15, 0.2) is 0 Å². The van der Waals surface area contributed by atoms with Crippen molar-refractivity contribution in [2.75, 3.05) is 13.1 Å². The molecule has 1 saturated heterocycles. The molecular formula is C19H25FN2O2. The second kappa shape index (κ2) is 7.77. The molecule has 1 aliphatic carbocycles. The standard InChI is InChI=1S/C19H25FN2O2/c20-17-7-5-15(6-8-17)12-22-13-16(10-19(22)24)11-21-18(23)9-14-3-1-2-4-14/h5-8,14,16H,1-4,9-13H2,(H,21,23). The highest BCUT2D eigenvalue weighted by molar-refractivity contribution is 5.79. The minimum Gasteiger partial charge on any atom is -0.356 e. The topological polar surface area (TPSA) is 49.4 Å². The average molecular weight is 332 g/mol. The first-order chi connectivity index (χ1) is 11.6. The zero-order valence-electron chi connectivity index (χ0n) is 14.0. The van der Waals surface area contributed by atoms with Gasteiger partial charge >= 0.3 is 0 Å². The van der Waals surface area contributed by atoms with Crippen LogP contribution in [0, 0.1) is 17.7 Å². The Morgan fingerprint density at radius 1 is 1.17 bits per heavy atom. The molecule has 2 aliphatic rings. The van der Waals surface area contributed by atoms with Gasteiger partial charge in [-0.3, -0.25) is 9.59 Å². The zero-order chi connectivity index (χ0) is 16.9. The lowest BCUT2D eigenvalue weighted by molar-refractivity contribution is -0.128. The van der Waals surface area contributed by atoms with Crippen molar-refractivity contribution in [3.05, 3.63) is 35.6 Å². The van der Waals surface area contributed by atoms with Crippen LogP contribution in [0.4, 0.5) is 4.39 Å². The van der Waals surface area contributed by atoms with E-state index in [4.69, 9.17) is 0 Å². The maximum Gasteiger partial charge on any atom is 0.223 e. The lowest BCUT2D eigenvalue weighted by Gasteiger charge is -2.17. The van der Waals surface area contributed by atoms with Gasteiger partial charge in [-0.25, -0.2) is 4.39 Å². The quantitative estimate of drug-likeness (QED) is 0.871. The van der Waals surface area contributed by atoms with Crippen molar-refractivity contribution in [2.45, 2.75) is 45.1 Å². The number of halogens is 1. The predicted molar refractivity (Wildman–Crippen MR) is 89.5 cm³/mol. The highest BCUT2D eigenvalue weighted by Gasteiger charge is 2.30. The van der Waals surface area contributed by atoms with E-state index in [1.54, 1.807) is 17.0 Å². The lowest BCUT2D eigenvalue weighted by Crippen LogP contribution is -2.31. The van der Waals surface area contributed by atoms with Gasteiger partial charge in [0, 0.05) is 38.4 Å². The first-order valence-corrected chi connectivity index (χ1v) is 8.89. The summed E-state index contributed by atoms with van der Waals surface area (Å²) >= 11 is 0. The number of hydrogen-bond donors (Lipinski definition) is 1. The van der Waals surface area contributed by atoms with Crippen LogP contribution in [0.25, 0.3) is 0 Å². The first-order valence-electron chi connectivity index (χ1n) is 8.89. The molecule has 0 spiro atoms. The van der Waals surface area contributed by atoms with E-state index in [0.29, 0.717) is 38.4 Å². The molecule has 2 fully saturated rings. The van der Waals surface area contributed by atoms with Crippen molar-refractivity contribution >= 4 is 11.8 Å². The van der Waals surface area contributed by atoms with Gasteiger partial charge in [-0.15, -0.1) is 0 Å². The molecule has 1 saturated carbocycles. The fraction of sp³-hybridized carbons (Fsp3) is 0.579. The molecule has 1 aromatic carbocycles. The summed E-state index contributed by atoms with van der Waals surface area (Å²) in [5, 5.41) is 3.00. The van der Waals surface area contributed by atoms with Gasteiger partial charge in [-0.1, -0.05) is 25.0 Å². The second-order valence-electron chi connectivity index (χ2n) is 7.13. The summed E-state index contributed by atoms with van der Waals surface area (Å²) in [4.78, 5) is 25.9. The predicted octanol–water partition coefficient (Wildman–Crippen LogP) is 2.87. The smallest absolute Gasteiger partial charge is 0.223 e. The van der Waals surface area contributed by atoms with Crippen LogP contribution in [-0.4, -0.2) is 29.8 Å². The Hall–Kier alpha value is -1.91. The summed E-state index contributed by atoms with van der Waals surface area (Å²) in [6.07, 6.45) is 5.92. The monoisotopic (exact) mass is 332 g/mol. The summed E-state index contributed by atoms with van der Waals surface area (Å²) in [7, 11) is 0. The molecule has 1 atom stereocenters. The summed E-state index contributed by atoms with van der Waals surface area (Å²) in [5.74, 6) is 0.672. The Morgan fingerprint density at radius 2 is 1.88 bits per heavy atom. The van der Waals surface area contributed by atoms with Crippen molar-refractivity contribution in [1.29, 1.82) is 0 Å². The molecule has 0 bridgehead atoms. The third-order valence-electron chi connectivity index (χ3n) is 5.12. The zero-order valence-corrected chi connectivity index (χ0v) is 14.0.